The van der Waals surface area contributed by atoms with Crippen LogP contribution in [-0.4, -0.2) is 15.9 Å². The van der Waals surface area contributed by atoms with Crippen molar-refractivity contribution in [2.24, 2.45) is 5.10 Å². The molecule has 0 aliphatic heterocycles. The van der Waals surface area contributed by atoms with Crippen molar-refractivity contribution < 1.29 is 4.40 Å². The van der Waals surface area contributed by atoms with E-state index in [1.807, 2.05) is 83.9 Å². The molecule has 0 fully saturated rings. The van der Waals surface area contributed by atoms with Crippen molar-refractivity contribution in [1.82, 2.24) is 9.66 Å². The van der Waals surface area contributed by atoms with E-state index in [4.69, 9.17) is 23.2 Å². The Kier molecular flexibility index (Phi) is 4.87. The third kappa shape index (κ3) is 3.52. The number of halogens is 2. The molecule has 0 saturated carbocycles. The SMILES string of the molecule is Clc1ccc(-c2c[n+]3c(-c4ccccc4)cn(/N=C/c4ccccc4)c3[nH]2)c(Cl)c1. The Balaban J connectivity index is 1.68. The maximum atomic E-state index is 6.45. The van der Waals surface area contributed by atoms with Crippen molar-refractivity contribution in [2.75, 3.05) is 0 Å². The Morgan fingerprint density at radius 1 is 0.900 bits per heavy atom. The fraction of sp³-hybridized carbons (Fsp3) is 0. The Hall–Kier alpha value is -3.34. The van der Waals surface area contributed by atoms with E-state index < -0.39 is 0 Å². The quantitative estimate of drug-likeness (QED) is 0.264. The molecule has 2 aromatic heterocycles. The smallest absolute Gasteiger partial charge is 0.239 e. The van der Waals surface area contributed by atoms with Gasteiger partial charge in [-0.2, -0.15) is 4.40 Å². The monoisotopic (exact) mass is 431 g/mol. The first kappa shape index (κ1) is 18.7. The first-order valence-electron chi connectivity index (χ1n) is 9.45. The number of nitrogens with zero attached hydrogens (tertiary/aromatic N) is 3. The lowest BCUT2D eigenvalue weighted by Gasteiger charge is -1.99. The average molecular weight is 432 g/mol. The molecule has 3 aromatic carbocycles. The van der Waals surface area contributed by atoms with Crippen LogP contribution in [0.5, 0.6) is 0 Å². The lowest BCUT2D eigenvalue weighted by Crippen LogP contribution is -2.18. The molecule has 0 bridgehead atoms. The van der Waals surface area contributed by atoms with Crippen LogP contribution in [0.4, 0.5) is 0 Å². The molecular formula is C24H17Cl2N4+. The number of fused-ring (bicyclic) bond motifs is 1. The second kappa shape index (κ2) is 7.82. The highest BCUT2D eigenvalue weighted by molar-refractivity contribution is 6.36. The maximum absolute atomic E-state index is 6.45. The Labute approximate surface area is 183 Å². The number of H-pyrrole nitrogens is 1. The van der Waals surface area contributed by atoms with Gasteiger partial charge in [0.2, 0.25) is 0 Å². The van der Waals surface area contributed by atoms with Gasteiger partial charge in [0.15, 0.2) is 0 Å². The van der Waals surface area contributed by atoms with Crippen molar-refractivity contribution in [3.05, 3.63) is 107 Å². The van der Waals surface area contributed by atoms with Gasteiger partial charge in [0.05, 0.1) is 11.2 Å². The minimum Gasteiger partial charge on any atom is -0.239 e. The highest BCUT2D eigenvalue weighted by Crippen LogP contribution is 2.30. The second-order valence-corrected chi connectivity index (χ2v) is 7.71. The van der Waals surface area contributed by atoms with E-state index in [9.17, 15) is 0 Å². The van der Waals surface area contributed by atoms with Crippen LogP contribution >= 0.6 is 23.2 Å². The molecule has 1 N–H and O–H groups in total. The average Bonchev–Trinajstić information content (AvgIpc) is 3.33. The Morgan fingerprint density at radius 3 is 2.37 bits per heavy atom. The summed E-state index contributed by atoms with van der Waals surface area (Å²) in [7, 11) is 0. The molecule has 0 aliphatic rings. The summed E-state index contributed by atoms with van der Waals surface area (Å²) >= 11 is 12.5. The van der Waals surface area contributed by atoms with Crippen molar-refractivity contribution in [3.63, 3.8) is 0 Å². The van der Waals surface area contributed by atoms with Gasteiger partial charge in [-0.3, -0.25) is 0 Å². The van der Waals surface area contributed by atoms with E-state index in [1.54, 1.807) is 6.07 Å². The predicted octanol–water partition coefficient (Wildman–Crippen LogP) is 6.08. The number of aromatic amines is 1. The van der Waals surface area contributed by atoms with E-state index in [0.717, 1.165) is 33.9 Å². The summed E-state index contributed by atoms with van der Waals surface area (Å²) in [4.78, 5) is 3.45. The number of benzene rings is 3. The largest absolute Gasteiger partial charge is 0.391 e. The van der Waals surface area contributed by atoms with Gasteiger partial charge >= 0.3 is 5.78 Å². The molecule has 146 valence electrons. The lowest BCUT2D eigenvalue weighted by atomic mass is 10.1. The molecule has 0 unspecified atom stereocenters. The predicted molar refractivity (Wildman–Crippen MR) is 122 cm³/mol. The Bertz CT molecular complexity index is 1350. The number of aromatic nitrogens is 3. The maximum Gasteiger partial charge on any atom is 0.391 e. The third-order valence-corrected chi connectivity index (χ3v) is 5.42. The van der Waals surface area contributed by atoms with Crippen molar-refractivity contribution in [2.45, 2.75) is 0 Å². The van der Waals surface area contributed by atoms with Gasteiger partial charge < -0.3 is 0 Å². The third-order valence-electron chi connectivity index (χ3n) is 4.88. The minimum atomic E-state index is 0.590. The summed E-state index contributed by atoms with van der Waals surface area (Å²) < 4.78 is 3.92. The van der Waals surface area contributed by atoms with Gasteiger partial charge in [0, 0.05) is 16.1 Å². The van der Waals surface area contributed by atoms with E-state index in [2.05, 4.69) is 26.6 Å². The van der Waals surface area contributed by atoms with Crippen LogP contribution in [0.25, 0.3) is 28.3 Å². The number of nitrogens with one attached hydrogen (secondary N) is 1. The van der Waals surface area contributed by atoms with Crippen LogP contribution in [0.3, 0.4) is 0 Å². The second-order valence-electron chi connectivity index (χ2n) is 6.87. The highest BCUT2D eigenvalue weighted by Gasteiger charge is 2.22. The normalized spacial score (nSPS) is 11.5. The van der Waals surface area contributed by atoms with E-state index in [0.29, 0.717) is 10.0 Å². The topological polar surface area (TPSA) is 37.2 Å². The summed E-state index contributed by atoms with van der Waals surface area (Å²) in [6, 6.07) is 25.7. The fourth-order valence-electron chi connectivity index (χ4n) is 3.42. The number of hydrogen-bond acceptors (Lipinski definition) is 1. The zero-order chi connectivity index (χ0) is 20.5. The molecule has 0 aliphatic carbocycles. The molecule has 4 nitrogen and oxygen atoms in total. The van der Waals surface area contributed by atoms with Crippen LogP contribution in [0.1, 0.15) is 5.56 Å². The van der Waals surface area contributed by atoms with Gasteiger partial charge in [-0.25, -0.2) is 4.98 Å². The number of imidazole rings is 2. The first-order chi connectivity index (χ1) is 14.7. The van der Waals surface area contributed by atoms with Crippen LogP contribution in [0.15, 0.2) is 96.4 Å². The summed E-state index contributed by atoms with van der Waals surface area (Å²) in [6.45, 7) is 0. The Morgan fingerprint density at radius 2 is 1.63 bits per heavy atom. The molecule has 6 heteroatoms. The minimum absolute atomic E-state index is 0.590. The lowest BCUT2D eigenvalue weighted by molar-refractivity contribution is -0.496. The fourth-order valence-corrected chi connectivity index (χ4v) is 3.93. The summed E-state index contributed by atoms with van der Waals surface area (Å²) in [6.07, 6.45) is 5.87. The molecular weight excluding hydrogens is 415 g/mol. The van der Waals surface area contributed by atoms with Crippen LogP contribution in [0.2, 0.25) is 10.0 Å². The van der Waals surface area contributed by atoms with Gasteiger partial charge in [-0.05, 0) is 23.8 Å². The van der Waals surface area contributed by atoms with Crippen LogP contribution < -0.4 is 4.40 Å². The molecule has 0 spiro atoms. The highest BCUT2D eigenvalue weighted by atomic mass is 35.5. The van der Waals surface area contributed by atoms with Gasteiger partial charge in [0.1, 0.15) is 23.8 Å². The van der Waals surface area contributed by atoms with Gasteiger partial charge in [-0.1, -0.05) is 83.9 Å². The summed E-state index contributed by atoms with van der Waals surface area (Å²) in [5.41, 5.74) is 4.89. The van der Waals surface area contributed by atoms with E-state index in [-0.39, 0.29) is 0 Å². The molecule has 2 heterocycles. The number of hydrogen-bond donors (Lipinski definition) is 1. The van der Waals surface area contributed by atoms with Gasteiger partial charge in [-0.15, -0.1) is 9.78 Å². The summed E-state index contributed by atoms with van der Waals surface area (Å²) in [5.74, 6) is 0.821. The zero-order valence-electron chi connectivity index (χ0n) is 15.8. The van der Waals surface area contributed by atoms with Crippen LogP contribution in [-0.2, 0) is 0 Å². The molecule has 5 rings (SSSR count). The molecule has 0 saturated heterocycles. The van der Waals surface area contributed by atoms with Gasteiger partial charge in [0.25, 0.3) is 0 Å². The zero-order valence-corrected chi connectivity index (χ0v) is 17.3. The van der Waals surface area contributed by atoms with Crippen LogP contribution in [0, 0.1) is 0 Å². The summed E-state index contributed by atoms with van der Waals surface area (Å²) in [5, 5.41) is 5.88. The molecule has 5 aromatic rings. The van der Waals surface area contributed by atoms with E-state index >= 15 is 0 Å². The van der Waals surface area contributed by atoms with Crippen molar-refractivity contribution in [3.8, 4) is 22.5 Å². The van der Waals surface area contributed by atoms with Crippen molar-refractivity contribution in [1.29, 1.82) is 0 Å². The van der Waals surface area contributed by atoms with Crippen molar-refractivity contribution >= 4 is 35.2 Å². The molecule has 0 amide bonds. The number of rotatable bonds is 4. The first-order valence-corrected chi connectivity index (χ1v) is 10.2. The standard InChI is InChI=1S/C24H16Cl2N4/c25-19-11-12-20(21(26)13-19)22-15-29-23(18-9-5-2-6-10-18)16-30(24(29)28-22)27-14-17-7-3-1-4-8-17/h1-16H/p+1/b27-14+. The molecule has 0 radical (unpaired) electrons. The molecule has 0 atom stereocenters. The molecule has 30 heavy (non-hydrogen) atoms. The van der Waals surface area contributed by atoms with E-state index in [1.165, 1.54) is 0 Å².